The highest BCUT2D eigenvalue weighted by molar-refractivity contribution is 6.05. The largest absolute Gasteiger partial charge is 0.496 e. The van der Waals surface area contributed by atoms with Gasteiger partial charge in [-0.3, -0.25) is 9.59 Å². The van der Waals surface area contributed by atoms with Crippen molar-refractivity contribution in [3.8, 4) is 39.7 Å². The average molecular weight is 472 g/mol. The molecular weight excluding hydrogens is 446 g/mol. The normalized spacial score (nSPS) is 10.5. The molecule has 0 aliphatic rings. The van der Waals surface area contributed by atoms with Crippen LogP contribution in [-0.4, -0.2) is 33.5 Å². The van der Waals surface area contributed by atoms with Gasteiger partial charge in [0.25, 0.3) is 5.91 Å². The Balaban J connectivity index is 1.58. The third-order valence-corrected chi connectivity index (χ3v) is 5.64. The van der Waals surface area contributed by atoms with Gasteiger partial charge in [0.1, 0.15) is 28.8 Å². The van der Waals surface area contributed by atoms with E-state index in [1.54, 1.807) is 76.8 Å². The highest BCUT2D eigenvalue weighted by atomic mass is 16.5. The summed E-state index contributed by atoms with van der Waals surface area (Å²) in [5.41, 5.74) is 3.91. The zero-order chi connectivity index (χ0) is 24.9. The Morgan fingerprint density at radius 2 is 1.54 bits per heavy atom. The number of benzene rings is 3. The van der Waals surface area contributed by atoms with Crippen LogP contribution in [-0.2, 0) is 0 Å². The van der Waals surface area contributed by atoms with Gasteiger partial charge in [-0.05, 0) is 55.0 Å². The van der Waals surface area contributed by atoms with E-state index in [4.69, 9.17) is 18.6 Å². The summed E-state index contributed by atoms with van der Waals surface area (Å²) in [7, 11) is 4.72. The van der Waals surface area contributed by atoms with Crippen molar-refractivity contribution in [2.24, 2.45) is 0 Å². The number of carbonyl (C=O) groups is 2. The van der Waals surface area contributed by atoms with Gasteiger partial charge in [0, 0.05) is 28.9 Å². The smallest absolute Gasteiger partial charge is 0.255 e. The second-order valence-corrected chi connectivity index (χ2v) is 7.76. The van der Waals surface area contributed by atoms with Crippen LogP contribution in [0.3, 0.4) is 0 Å². The molecule has 0 atom stereocenters. The monoisotopic (exact) mass is 471 g/mol. The Kier molecular flexibility index (Phi) is 6.87. The third-order valence-electron chi connectivity index (χ3n) is 5.64. The van der Waals surface area contributed by atoms with E-state index in [-0.39, 0.29) is 5.91 Å². The number of ether oxygens (including phenoxy) is 3. The van der Waals surface area contributed by atoms with Crippen LogP contribution in [0.1, 0.15) is 26.5 Å². The summed E-state index contributed by atoms with van der Waals surface area (Å²) in [6.07, 6.45) is 0.766. The quantitative estimate of drug-likeness (QED) is 0.317. The van der Waals surface area contributed by atoms with E-state index in [0.717, 1.165) is 23.0 Å². The molecular formula is C28H25NO6. The van der Waals surface area contributed by atoms with E-state index >= 15 is 0 Å². The number of aldehydes is 1. The van der Waals surface area contributed by atoms with Gasteiger partial charge in [-0.15, -0.1) is 0 Å². The molecule has 4 aromatic rings. The summed E-state index contributed by atoms with van der Waals surface area (Å²) in [5.74, 6) is 2.64. The zero-order valence-corrected chi connectivity index (χ0v) is 19.9. The Hall–Kier alpha value is -4.52. The summed E-state index contributed by atoms with van der Waals surface area (Å²) >= 11 is 0. The third kappa shape index (κ3) is 4.89. The van der Waals surface area contributed by atoms with Crippen molar-refractivity contribution in [3.05, 3.63) is 83.6 Å². The minimum absolute atomic E-state index is 0.261. The number of rotatable bonds is 8. The molecule has 1 aromatic heterocycles. The van der Waals surface area contributed by atoms with Crippen LogP contribution in [0, 0.1) is 6.92 Å². The van der Waals surface area contributed by atoms with Crippen molar-refractivity contribution < 1.29 is 28.2 Å². The molecule has 0 saturated carbocycles. The van der Waals surface area contributed by atoms with Crippen LogP contribution >= 0.6 is 0 Å². The van der Waals surface area contributed by atoms with Gasteiger partial charge in [-0.1, -0.05) is 12.1 Å². The Labute approximate surface area is 203 Å². The predicted octanol–water partition coefficient (Wildman–Crippen LogP) is 6.01. The number of hydrogen-bond acceptors (Lipinski definition) is 6. The molecule has 0 radical (unpaired) electrons. The number of methoxy groups -OCH3 is 3. The SMILES string of the molecule is COc1cc(OC)c(-c2cccc(C(=O)Nc3ccc(-c4cc(C=O)c(C)o4)cc3)c2)c(OC)c1. The first-order valence-electron chi connectivity index (χ1n) is 10.8. The van der Waals surface area contributed by atoms with E-state index in [9.17, 15) is 9.59 Å². The summed E-state index contributed by atoms with van der Waals surface area (Å²) < 4.78 is 22.1. The fourth-order valence-electron chi connectivity index (χ4n) is 3.78. The molecule has 0 spiro atoms. The Bertz CT molecular complexity index is 1350. The van der Waals surface area contributed by atoms with Gasteiger partial charge in [-0.2, -0.15) is 0 Å². The first-order chi connectivity index (χ1) is 17.0. The lowest BCUT2D eigenvalue weighted by Gasteiger charge is -2.16. The second-order valence-electron chi connectivity index (χ2n) is 7.76. The van der Waals surface area contributed by atoms with Crippen LogP contribution < -0.4 is 19.5 Å². The molecule has 0 saturated heterocycles. The number of anilines is 1. The molecule has 35 heavy (non-hydrogen) atoms. The van der Waals surface area contributed by atoms with E-state index in [2.05, 4.69) is 5.32 Å². The van der Waals surface area contributed by atoms with Gasteiger partial charge in [0.2, 0.25) is 0 Å². The van der Waals surface area contributed by atoms with Crippen molar-refractivity contribution in [1.82, 2.24) is 0 Å². The van der Waals surface area contributed by atoms with Crippen LogP contribution in [0.25, 0.3) is 22.5 Å². The number of aryl methyl sites for hydroxylation is 1. The highest BCUT2D eigenvalue weighted by Gasteiger charge is 2.17. The number of nitrogens with one attached hydrogen (secondary N) is 1. The first-order valence-corrected chi connectivity index (χ1v) is 10.8. The summed E-state index contributed by atoms with van der Waals surface area (Å²) in [6, 6.07) is 19.7. The minimum atomic E-state index is -0.261. The van der Waals surface area contributed by atoms with E-state index in [0.29, 0.717) is 45.6 Å². The van der Waals surface area contributed by atoms with Crippen LogP contribution in [0.15, 0.2) is 71.1 Å². The molecule has 0 unspecified atom stereocenters. The maximum atomic E-state index is 13.0. The molecule has 0 aliphatic carbocycles. The fourth-order valence-corrected chi connectivity index (χ4v) is 3.78. The van der Waals surface area contributed by atoms with Gasteiger partial charge in [0.05, 0.1) is 32.5 Å². The van der Waals surface area contributed by atoms with Crippen LogP contribution in [0.5, 0.6) is 17.2 Å². The fraction of sp³-hybridized carbons (Fsp3) is 0.143. The molecule has 7 heteroatoms. The van der Waals surface area contributed by atoms with Crippen molar-refractivity contribution in [1.29, 1.82) is 0 Å². The van der Waals surface area contributed by atoms with Crippen molar-refractivity contribution >= 4 is 17.9 Å². The van der Waals surface area contributed by atoms with E-state index < -0.39 is 0 Å². The summed E-state index contributed by atoms with van der Waals surface area (Å²) in [6.45, 7) is 1.74. The molecule has 4 rings (SSSR count). The number of furan rings is 1. The maximum Gasteiger partial charge on any atom is 0.255 e. The van der Waals surface area contributed by atoms with Crippen LogP contribution in [0.4, 0.5) is 5.69 Å². The lowest BCUT2D eigenvalue weighted by Crippen LogP contribution is -2.11. The molecule has 1 heterocycles. The number of hydrogen-bond donors (Lipinski definition) is 1. The summed E-state index contributed by atoms with van der Waals surface area (Å²) in [4.78, 5) is 24.1. The second kappa shape index (κ2) is 10.2. The van der Waals surface area contributed by atoms with Gasteiger partial charge in [0.15, 0.2) is 6.29 Å². The average Bonchev–Trinajstić information content (AvgIpc) is 3.28. The molecule has 0 bridgehead atoms. The number of carbonyl (C=O) groups excluding carboxylic acids is 2. The number of amides is 1. The molecule has 1 amide bonds. The van der Waals surface area contributed by atoms with Crippen molar-refractivity contribution in [2.45, 2.75) is 6.92 Å². The lowest BCUT2D eigenvalue weighted by molar-refractivity contribution is 0.102. The lowest BCUT2D eigenvalue weighted by atomic mass is 10.00. The van der Waals surface area contributed by atoms with Gasteiger partial charge >= 0.3 is 0 Å². The molecule has 0 fully saturated rings. The van der Waals surface area contributed by atoms with Crippen molar-refractivity contribution in [3.63, 3.8) is 0 Å². The predicted molar refractivity (Wildman–Crippen MR) is 134 cm³/mol. The molecule has 1 N–H and O–H groups in total. The van der Waals surface area contributed by atoms with Gasteiger partial charge < -0.3 is 23.9 Å². The maximum absolute atomic E-state index is 13.0. The zero-order valence-electron chi connectivity index (χ0n) is 19.9. The molecule has 178 valence electrons. The minimum Gasteiger partial charge on any atom is -0.496 e. The van der Waals surface area contributed by atoms with Gasteiger partial charge in [-0.25, -0.2) is 0 Å². The van der Waals surface area contributed by atoms with E-state index in [1.807, 2.05) is 18.2 Å². The van der Waals surface area contributed by atoms with Crippen LogP contribution in [0.2, 0.25) is 0 Å². The Morgan fingerprint density at radius 3 is 2.11 bits per heavy atom. The Morgan fingerprint density at radius 1 is 0.857 bits per heavy atom. The molecule has 3 aromatic carbocycles. The standard InChI is InChI=1S/C28H25NO6/c1-17-21(16-30)13-24(35-17)18-8-10-22(11-9-18)29-28(31)20-7-5-6-19(12-20)27-25(33-3)14-23(32-2)15-26(27)34-4/h5-16H,1-4H3,(H,29,31). The van der Waals surface area contributed by atoms with E-state index in [1.165, 1.54) is 0 Å². The van der Waals surface area contributed by atoms with Crippen molar-refractivity contribution in [2.75, 3.05) is 26.6 Å². The highest BCUT2D eigenvalue weighted by Crippen LogP contribution is 2.42. The summed E-state index contributed by atoms with van der Waals surface area (Å²) in [5, 5.41) is 2.91. The topological polar surface area (TPSA) is 87.0 Å². The first kappa shape index (κ1) is 23.6. The molecule has 7 nitrogen and oxygen atoms in total. The molecule has 0 aliphatic heterocycles.